The third-order valence-electron chi connectivity index (χ3n) is 4.39. The van der Waals surface area contributed by atoms with Gasteiger partial charge in [0.15, 0.2) is 0 Å². The summed E-state index contributed by atoms with van der Waals surface area (Å²) >= 11 is 0. The van der Waals surface area contributed by atoms with E-state index in [0.29, 0.717) is 24.1 Å². The normalized spacial score (nSPS) is 27.7. The van der Waals surface area contributed by atoms with Gasteiger partial charge < -0.3 is 15.3 Å². The fourth-order valence-electron chi connectivity index (χ4n) is 3.18. The molecule has 0 aromatic carbocycles. The van der Waals surface area contributed by atoms with Gasteiger partial charge in [0.1, 0.15) is 0 Å². The van der Waals surface area contributed by atoms with E-state index in [-0.39, 0.29) is 5.91 Å². The number of nitrogens with zero attached hydrogens (tertiary/aromatic N) is 2. The maximum absolute atomic E-state index is 11.4. The molecule has 1 aromatic rings. The third-order valence-corrected chi connectivity index (χ3v) is 4.39. The van der Waals surface area contributed by atoms with E-state index in [1.54, 1.807) is 6.92 Å². The van der Waals surface area contributed by atoms with Gasteiger partial charge in [-0.3, -0.25) is 9.78 Å². The van der Waals surface area contributed by atoms with Gasteiger partial charge in [-0.1, -0.05) is 0 Å². The first-order valence-electron chi connectivity index (χ1n) is 7.32. The van der Waals surface area contributed by atoms with Crippen molar-refractivity contribution in [3.05, 3.63) is 24.0 Å². The van der Waals surface area contributed by atoms with E-state index in [9.17, 15) is 9.90 Å². The van der Waals surface area contributed by atoms with Crippen LogP contribution in [-0.2, 0) is 4.79 Å². The number of aliphatic hydroxyl groups excluding tert-OH is 1. The summed E-state index contributed by atoms with van der Waals surface area (Å²) in [6.45, 7) is 3.63. The van der Waals surface area contributed by atoms with Crippen molar-refractivity contribution in [1.29, 1.82) is 0 Å². The Labute approximate surface area is 119 Å². The SMILES string of the molecule is C[C@@H](O)c1ccc(N2CCC3NC(=O)CCC3C2)cn1. The molecule has 108 valence electrons. The number of hydrogen-bond donors (Lipinski definition) is 2. The molecule has 1 aromatic heterocycles. The molecule has 2 N–H and O–H groups in total. The smallest absolute Gasteiger partial charge is 0.220 e. The number of anilines is 1. The molecule has 20 heavy (non-hydrogen) atoms. The Hall–Kier alpha value is -1.62. The molecule has 0 aliphatic carbocycles. The summed E-state index contributed by atoms with van der Waals surface area (Å²) in [4.78, 5) is 18.1. The van der Waals surface area contributed by atoms with E-state index in [1.165, 1.54) is 0 Å². The van der Waals surface area contributed by atoms with Crippen LogP contribution in [0.25, 0.3) is 0 Å². The van der Waals surface area contributed by atoms with Gasteiger partial charge in [-0.05, 0) is 37.8 Å². The highest BCUT2D eigenvalue weighted by Gasteiger charge is 2.33. The van der Waals surface area contributed by atoms with Crippen LogP contribution < -0.4 is 10.2 Å². The molecule has 2 saturated heterocycles. The van der Waals surface area contributed by atoms with Gasteiger partial charge >= 0.3 is 0 Å². The summed E-state index contributed by atoms with van der Waals surface area (Å²) in [5, 5.41) is 12.6. The first kappa shape index (κ1) is 13.4. The fraction of sp³-hybridized carbons (Fsp3) is 0.600. The number of pyridine rings is 1. The second kappa shape index (κ2) is 5.40. The molecule has 1 amide bonds. The van der Waals surface area contributed by atoms with E-state index >= 15 is 0 Å². The Morgan fingerprint density at radius 3 is 3.00 bits per heavy atom. The molecule has 3 heterocycles. The lowest BCUT2D eigenvalue weighted by Gasteiger charge is -2.42. The molecule has 5 nitrogen and oxygen atoms in total. The summed E-state index contributed by atoms with van der Waals surface area (Å²) in [5.41, 5.74) is 1.80. The lowest BCUT2D eigenvalue weighted by atomic mass is 9.85. The van der Waals surface area contributed by atoms with Crippen molar-refractivity contribution in [2.75, 3.05) is 18.0 Å². The van der Waals surface area contributed by atoms with E-state index in [2.05, 4.69) is 15.2 Å². The summed E-state index contributed by atoms with van der Waals surface area (Å²) in [7, 11) is 0. The fourth-order valence-corrected chi connectivity index (χ4v) is 3.18. The molecule has 2 unspecified atom stereocenters. The standard InChI is InChI=1S/C15H21N3O2/c1-10(19)13-4-3-12(8-16-13)18-7-6-14-11(9-18)2-5-15(20)17-14/h3-4,8,10-11,14,19H,2,5-7,9H2,1H3,(H,17,20)/t10-,11?,14?/m1/s1. The van der Waals surface area contributed by atoms with Crippen molar-refractivity contribution < 1.29 is 9.90 Å². The van der Waals surface area contributed by atoms with Gasteiger partial charge in [-0.2, -0.15) is 0 Å². The molecule has 0 saturated carbocycles. The minimum absolute atomic E-state index is 0.197. The topological polar surface area (TPSA) is 65.5 Å². The van der Waals surface area contributed by atoms with E-state index in [0.717, 1.165) is 31.6 Å². The zero-order valence-corrected chi connectivity index (χ0v) is 11.7. The quantitative estimate of drug-likeness (QED) is 0.852. The highest BCUT2D eigenvalue weighted by Crippen LogP contribution is 2.28. The van der Waals surface area contributed by atoms with Gasteiger partial charge in [-0.25, -0.2) is 0 Å². The molecule has 3 rings (SSSR count). The van der Waals surface area contributed by atoms with E-state index in [1.807, 2.05) is 18.3 Å². The maximum Gasteiger partial charge on any atom is 0.220 e. The summed E-state index contributed by atoms with van der Waals surface area (Å²) in [5.74, 6) is 0.737. The van der Waals surface area contributed by atoms with Crippen LogP contribution in [0.3, 0.4) is 0 Å². The van der Waals surface area contributed by atoms with Crippen LogP contribution in [0.4, 0.5) is 5.69 Å². The Morgan fingerprint density at radius 2 is 2.30 bits per heavy atom. The van der Waals surface area contributed by atoms with Crippen molar-refractivity contribution >= 4 is 11.6 Å². The molecular weight excluding hydrogens is 254 g/mol. The number of rotatable bonds is 2. The number of nitrogens with one attached hydrogen (secondary N) is 1. The zero-order chi connectivity index (χ0) is 14.1. The van der Waals surface area contributed by atoms with Crippen LogP contribution in [0.15, 0.2) is 18.3 Å². The molecule has 5 heteroatoms. The Balaban J connectivity index is 1.68. The van der Waals surface area contributed by atoms with Crippen LogP contribution >= 0.6 is 0 Å². The highest BCUT2D eigenvalue weighted by molar-refractivity contribution is 5.77. The van der Waals surface area contributed by atoms with Gasteiger partial charge in [0.05, 0.1) is 23.7 Å². The zero-order valence-electron chi connectivity index (χ0n) is 11.7. The molecule has 0 bridgehead atoms. The minimum atomic E-state index is -0.525. The number of hydrogen-bond acceptors (Lipinski definition) is 4. The van der Waals surface area contributed by atoms with Crippen molar-refractivity contribution in [1.82, 2.24) is 10.3 Å². The Morgan fingerprint density at radius 1 is 1.45 bits per heavy atom. The maximum atomic E-state index is 11.4. The molecule has 0 radical (unpaired) electrons. The number of carbonyl (C=O) groups excluding carboxylic acids is 1. The summed E-state index contributed by atoms with van der Waals surface area (Å²) in [6.07, 6.45) is 3.93. The minimum Gasteiger partial charge on any atom is -0.387 e. The molecule has 2 fully saturated rings. The largest absolute Gasteiger partial charge is 0.387 e. The van der Waals surface area contributed by atoms with Crippen molar-refractivity contribution in [2.45, 2.75) is 38.3 Å². The number of amides is 1. The number of aromatic nitrogens is 1. The predicted octanol–water partition coefficient (Wildman–Crippen LogP) is 1.24. The molecular formula is C15H21N3O2. The number of carbonyl (C=O) groups is 1. The predicted molar refractivity (Wildman–Crippen MR) is 76.4 cm³/mol. The molecule has 3 atom stereocenters. The van der Waals surface area contributed by atoms with Crippen LogP contribution in [0.5, 0.6) is 0 Å². The monoisotopic (exact) mass is 275 g/mol. The van der Waals surface area contributed by atoms with Crippen molar-refractivity contribution in [3.8, 4) is 0 Å². The van der Waals surface area contributed by atoms with Gasteiger partial charge in [-0.15, -0.1) is 0 Å². The third kappa shape index (κ3) is 2.63. The van der Waals surface area contributed by atoms with Crippen LogP contribution in [0.2, 0.25) is 0 Å². The molecule has 2 aliphatic heterocycles. The first-order chi connectivity index (χ1) is 9.63. The van der Waals surface area contributed by atoms with Crippen LogP contribution in [-0.4, -0.2) is 35.1 Å². The van der Waals surface area contributed by atoms with Gasteiger partial charge in [0, 0.05) is 25.6 Å². The molecule has 0 spiro atoms. The highest BCUT2D eigenvalue weighted by atomic mass is 16.3. The second-order valence-corrected chi connectivity index (χ2v) is 5.82. The average Bonchev–Trinajstić information content (AvgIpc) is 2.47. The van der Waals surface area contributed by atoms with Gasteiger partial charge in [0.25, 0.3) is 0 Å². The second-order valence-electron chi connectivity index (χ2n) is 5.82. The number of piperidine rings is 2. The lowest BCUT2D eigenvalue weighted by Crippen LogP contribution is -2.54. The lowest BCUT2D eigenvalue weighted by molar-refractivity contribution is -0.124. The van der Waals surface area contributed by atoms with Crippen molar-refractivity contribution in [2.24, 2.45) is 5.92 Å². The summed E-state index contributed by atoms with van der Waals surface area (Å²) < 4.78 is 0. The molecule has 2 aliphatic rings. The first-order valence-corrected chi connectivity index (χ1v) is 7.32. The van der Waals surface area contributed by atoms with Crippen LogP contribution in [0.1, 0.15) is 38.0 Å². The van der Waals surface area contributed by atoms with E-state index in [4.69, 9.17) is 0 Å². The number of fused-ring (bicyclic) bond motifs is 1. The number of aliphatic hydroxyl groups is 1. The van der Waals surface area contributed by atoms with Gasteiger partial charge in [0.2, 0.25) is 5.91 Å². The van der Waals surface area contributed by atoms with Crippen molar-refractivity contribution in [3.63, 3.8) is 0 Å². The Kier molecular flexibility index (Phi) is 3.61. The van der Waals surface area contributed by atoms with Crippen LogP contribution in [0, 0.1) is 5.92 Å². The average molecular weight is 275 g/mol. The summed E-state index contributed by atoms with van der Waals surface area (Å²) in [6, 6.07) is 4.25. The Bertz CT molecular complexity index is 486. The van der Waals surface area contributed by atoms with E-state index < -0.39 is 6.10 Å².